The summed E-state index contributed by atoms with van der Waals surface area (Å²) < 4.78 is 0. The van der Waals surface area contributed by atoms with E-state index in [1.807, 2.05) is 0 Å². The smallest absolute Gasteiger partial charge is 0.330 e. The number of hydrogen-bond acceptors (Lipinski definition) is 3. The third-order valence-electron chi connectivity index (χ3n) is 3.05. The number of urea groups is 1. The lowest BCUT2D eigenvalue weighted by Gasteiger charge is -2.29. The van der Waals surface area contributed by atoms with Gasteiger partial charge in [0.25, 0.3) is 0 Å². The number of amides is 2. The zero-order valence-electron chi connectivity index (χ0n) is 10.5. The Hall–Kier alpha value is -2.08. The SMILES string of the molecule is O=C(O)[C@@H](NC(=O)N1CCNCC1)c1ccccc1. The zero-order valence-corrected chi connectivity index (χ0v) is 10.5. The molecule has 1 aliphatic rings. The van der Waals surface area contributed by atoms with Crippen LogP contribution in [-0.4, -0.2) is 48.2 Å². The normalized spacial score (nSPS) is 16.7. The zero-order chi connectivity index (χ0) is 13.7. The number of aliphatic carboxylic acids is 1. The molecule has 2 amide bonds. The molecular formula is C13H17N3O3. The van der Waals surface area contributed by atoms with Crippen LogP contribution in [0.1, 0.15) is 11.6 Å². The predicted octanol–water partition coefficient (Wildman–Crippen LogP) is 0.427. The third kappa shape index (κ3) is 3.45. The Labute approximate surface area is 111 Å². The average Bonchev–Trinajstić information content (AvgIpc) is 2.46. The molecule has 102 valence electrons. The summed E-state index contributed by atoms with van der Waals surface area (Å²) in [6, 6.07) is 7.35. The van der Waals surface area contributed by atoms with Gasteiger partial charge in [-0.05, 0) is 5.56 Å². The van der Waals surface area contributed by atoms with Crippen molar-refractivity contribution in [2.75, 3.05) is 26.2 Å². The summed E-state index contributed by atoms with van der Waals surface area (Å²) in [6.07, 6.45) is 0. The van der Waals surface area contributed by atoms with Crippen molar-refractivity contribution in [2.24, 2.45) is 0 Å². The van der Waals surface area contributed by atoms with E-state index >= 15 is 0 Å². The van der Waals surface area contributed by atoms with Gasteiger partial charge < -0.3 is 20.6 Å². The van der Waals surface area contributed by atoms with Crippen molar-refractivity contribution in [1.82, 2.24) is 15.5 Å². The molecule has 0 unspecified atom stereocenters. The number of benzene rings is 1. The number of carboxylic acid groups (broad SMARTS) is 1. The lowest BCUT2D eigenvalue weighted by molar-refractivity contribution is -0.139. The predicted molar refractivity (Wildman–Crippen MR) is 69.8 cm³/mol. The van der Waals surface area contributed by atoms with Gasteiger partial charge in [0.05, 0.1) is 0 Å². The minimum Gasteiger partial charge on any atom is -0.479 e. The summed E-state index contributed by atoms with van der Waals surface area (Å²) in [7, 11) is 0. The summed E-state index contributed by atoms with van der Waals surface area (Å²) >= 11 is 0. The van der Waals surface area contributed by atoms with Gasteiger partial charge >= 0.3 is 12.0 Å². The number of hydrogen-bond donors (Lipinski definition) is 3. The van der Waals surface area contributed by atoms with Crippen molar-refractivity contribution in [3.05, 3.63) is 35.9 Å². The molecule has 6 nitrogen and oxygen atoms in total. The minimum atomic E-state index is -1.06. The Bertz CT molecular complexity index is 444. The van der Waals surface area contributed by atoms with Gasteiger partial charge in [0.1, 0.15) is 0 Å². The highest BCUT2D eigenvalue weighted by atomic mass is 16.4. The Morgan fingerprint density at radius 1 is 1.21 bits per heavy atom. The molecule has 1 aromatic rings. The van der Waals surface area contributed by atoms with Crippen molar-refractivity contribution in [3.8, 4) is 0 Å². The number of nitrogens with one attached hydrogen (secondary N) is 2. The Morgan fingerprint density at radius 3 is 2.42 bits per heavy atom. The quantitative estimate of drug-likeness (QED) is 0.738. The molecule has 2 rings (SSSR count). The van der Waals surface area contributed by atoms with Crippen molar-refractivity contribution in [2.45, 2.75) is 6.04 Å². The molecule has 1 fully saturated rings. The monoisotopic (exact) mass is 263 g/mol. The Kier molecular flexibility index (Phi) is 4.35. The van der Waals surface area contributed by atoms with Gasteiger partial charge in [-0.1, -0.05) is 30.3 Å². The average molecular weight is 263 g/mol. The fourth-order valence-electron chi connectivity index (χ4n) is 2.02. The number of piperazine rings is 1. The summed E-state index contributed by atoms with van der Waals surface area (Å²) in [4.78, 5) is 24.9. The topological polar surface area (TPSA) is 81.7 Å². The third-order valence-corrected chi connectivity index (χ3v) is 3.05. The number of carbonyl (C=O) groups excluding carboxylic acids is 1. The van der Waals surface area contributed by atoms with Gasteiger partial charge in [-0.2, -0.15) is 0 Å². The van der Waals surface area contributed by atoms with Gasteiger partial charge in [0.15, 0.2) is 6.04 Å². The van der Waals surface area contributed by atoms with E-state index in [0.29, 0.717) is 18.7 Å². The van der Waals surface area contributed by atoms with Crippen LogP contribution in [0.4, 0.5) is 4.79 Å². The van der Waals surface area contributed by atoms with Gasteiger partial charge in [-0.15, -0.1) is 0 Å². The molecule has 0 aliphatic carbocycles. The lowest BCUT2D eigenvalue weighted by Crippen LogP contribution is -2.51. The number of carboxylic acids is 1. The first-order valence-corrected chi connectivity index (χ1v) is 6.22. The van der Waals surface area contributed by atoms with Crippen LogP contribution in [0.3, 0.4) is 0 Å². The van der Waals surface area contributed by atoms with Crippen LogP contribution in [0, 0.1) is 0 Å². The van der Waals surface area contributed by atoms with Crippen LogP contribution in [-0.2, 0) is 4.79 Å². The first kappa shape index (κ1) is 13.4. The molecular weight excluding hydrogens is 246 g/mol. The maximum Gasteiger partial charge on any atom is 0.330 e. The van der Waals surface area contributed by atoms with Crippen LogP contribution in [0.5, 0.6) is 0 Å². The number of rotatable bonds is 3. The number of nitrogens with zero attached hydrogens (tertiary/aromatic N) is 1. The highest BCUT2D eigenvalue weighted by molar-refractivity contribution is 5.83. The van der Waals surface area contributed by atoms with E-state index in [4.69, 9.17) is 0 Å². The second-order valence-corrected chi connectivity index (χ2v) is 4.37. The molecule has 0 aromatic heterocycles. The van der Waals surface area contributed by atoms with Crippen molar-refractivity contribution in [3.63, 3.8) is 0 Å². The van der Waals surface area contributed by atoms with Crippen LogP contribution < -0.4 is 10.6 Å². The van der Waals surface area contributed by atoms with Crippen LogP contribution in [0.2, 0.25) is 0 Å². The molecule has 0 radical (unpaired) electrons. The molecule has 1 saturated heterocycles. The van der Waals surface area contributed by atoms with Gasteiger partial charge in [0, 0.05) is 26.2 Å². The molecule has 0 saturated carbocycles. The molecule has 1 atom stereocenters. The summed E-state index contributed by atoms with van der Waals surface area (Å²) in [6.45, 7) is 2.65. The van der Waals surface area contributed by atoms with Gasteiger partial charge in [-0.25, -0.2) is 9.59 Å². The van der Waals surface area contributed by atoms with E-state index in [2.05, 4.69) is 10.6 Å². The Balaban J connectivity index is 2.04. The van der Waals surface area contributed by atoms with E-state index in [1.165, 1.54) is 0 Å². The fourth-order valence-corrected chi connectivity index (χ4v) is 2.02. The minimum absolute atomic E-state index is 0.335. The summed E-state index contributed by atoms with van der Waals surface area (Å²) in [5, 5.41) is 14.9. The maximum atomic E-state index is 12.0. The van der Waals surface area contributed by atoms with Crippen LogP contribution >= 0.6 is 0 Å². The first-order valence-electron chi connectivity index (χ1n) is 6.22. The first-order chi connectivity index (χ1) is 9.18. The van der Waals surface area contributed by atoms with E-state index in [9.17, 15) is 14.7 Å². The van der Waals surface area contributed by atoms with E-state index < -0.39 is 12.0 Å². The molecule has 1 aliphatic heterocycles. The largest absolute Gasteiger partial charge is 0.479 e. The molecule has 19 heavy (non-hydrogen) atoms. The molecule has 1 aromatic carbocycles. The van der Waals surface area contributed by atoms with E-state index in [0.717, 1.165) is 13.1 Å². The molecule has 0 bridgehead atoms. The molecule has 3 N–H and O–H groups in total. The number of carbonyl (C=O) groups is 2. The molecule has 6 heteroatoms. The second kappa shape index (κ2) is 6.19. The summed E-state index contributed by atoms with van der Waals surface area (Å²) in [5.74, 6) is -1.06. The lowest BCUT2D eigenvalue weighted by atomic mass is 10.1. The highest BCUT2D eigenvalue weighted by Gasteiger charge is 2.25. The molecule has 0 spiro atoms. The fraction of sp³-hybridized carbons (Fsp3) is 0.385. The standard InChI is InChI=1S/C13H17N3O3/c17-12(18)11(10-4-2-1-3-5-10)15-13(19)16-8-6-14-7-9-16/h1-5,11,14H,6-9H2,(H,15,19)(H,17,18)/t11-/m0/s1. The van der Waals surface area contributed by atoms with Crippen LogP contribution in [0.15, 0.2) is 30.3 Å². The van der Waals surface area contributed by atoms with Gasteiger partial charge in [-0.3, -0.25) is 0 Å². The van der Waals surface area contributed by atoms with Crippen molar-refractivity contribution < 1.29 is 14.7 Å². The maximum absolute atomic E-state index is 12.0. The highest BCUT2D eigenvalue weighted by Crippen LogP contribution is 2.13. The van der Waals surface area contributed by atoms with E-state index in [-0.39, 0.29) is 6.03 Å². The van der Waals surface area contributed by atoms with E-state index in [1.54, 1.807) is 35.2 Å². The molecule has 1 heterocycles. The second-order valence-electron chi connectivity index (χ2n) is 4.37. The van der Waals surface area contributed by atoms with Gasteiger partial charge in [0.2, 0.25) is 0 Å². The summed E-state index contributed by atoms with van der Waals surface area (Å²) in [5.41, 5.74) is 0.568. The Morgan fingerprint density at radius 2 is 1.84 bits per heavy atom. The van der Waals surface area contributed by atoms with Crippen LogP contribution in [0.25, 0.3) is 0 Å². The van der Waals surface area contributed by atoms with Crippen molar-refractivity contribution in [1.29, 1.82) is 0 Å². The van der Waals surface area contributed by atoms with Crippen molar-refractivity contribution >= 4 is 12.0 Å².